The lowest BCUT2D eigenvalue weighted by Gasteiger charge is -2.13. The summed E-state index contributed by atoms with van der Waals surface area (Å²) in [6.07, 6.45) is 9.86. The van der Waals surface area contributed by atoms with E-state index >= 15 is 0 Å². The van der Waals surface area contributed by atoms with Crippen LogP contribution in [-0.2, 0) is 6.54 Å². The van der Waals surface area contributed by atoms with Crippen molar-refractivity contribution < 1.29 is 0 Å². The van der Waals surface area contributed by atoms with Crippen molar-refractivity contribution in [1.82, 2.24) is 15.3 Å². The van der Waals surface area contributed by atoms with E-state index < -0.39 is 0 Å². The van der Waals surface area contributed by atoms with Crippen molar-refractivity contribution in [1.29, 1.82) is 0 Å². The fraction of sp³-hybridized carbons (Fsp3) is 0.733. The standard InChI is InChI=1S/C15H27N3/c1-4-5-6-7-8-9-13(2)17-12-15-10-11-16-14(3)18-15/h10-11,13,17H,4-9,12H2,1-3H3. The highest BCUT2D eigenvalue weighted by Crippen LogP contribution is 2.07. The van der Waals surface area contributed by atoms with Crippen LogP contribution in [-0.4, -0.2) is 16.0 Å². The van der Waals surface area contributed by atoms with E-state index in [2.05, 4.69) is 29.1 Å². The van der Waals surface area contributed by atoms with Gasteiger partial charge in [-0.15, -0.1) is 0 Å². The Morgan fingerprint density at radius 1 is 1.22 bits per heavy atom. The maximum Gasteiger partial charge on any atom is 0.125 e. The highest BCUT2D eigenvalue weighted by molar-refractivity contribution is 5.01. The van der Waals surface area contributed by atoms with Crippen molar-refractivity contribution in [2.45, 2.75) is 71.9 Å². The number of aromatic nitrogens is 2. The highest BCUT2D eigenvalue weighted by atomic mass is 14.9. The summed E-state index contributed by atoms with van der Waals surface area (Å²) in [6, 6.07) is 2.55. The second kappa shape index (κ2) is 9.03. The van der Waals surface area contributed by atoms with Crippen LogP contribution in [0.5, 0.6) is 0 Å². The molecule has 1 N–H and O–H groups in total. The monoisotopic (exact) mass is 249 g/mol. The molecular formula is C15H27N3. The summed E-state index contributed by atoms with van der Waals surface area (Å²) in [6.45, 7) is 7.29. The van der Waals surface area contributed by atoms with Crippen LogP contribution in [0.1, 0.15) is 63.9 Å². The third kappa shape index (κ3) is 6.70. The molecule has 3 heteroatoms. The average Bonchev–Trinajstić information content (AvgIpc) is 2.36. The third-order valence-electron chi connectivity index (χ3n) is 3.21. The molecule has 1 rings (SSSR count). The molecule has 0 aromatic carbocycles. The van der Waals surface area contributed by atoms with E-state index in [-0.39, 0.29) is 0 Å². The van der Waals surface area contributed by atoms with Gasteiger partial charge in [0.05, 0.1) is 5.69 Å². The van der Waals surface area contributed by atoms with Crippen LogP contribution < -0.4 is 5.32 Å². The lowest BCUT2D eigenvalue weighted by molar-refractivity contribution is 0.476. The first-order valence-corrected chi connectivity index (χ1v) is 7.24. The molecule has 0 saturated heterocycles. The second-order valence-electron chi connectivity index (χ2n) is 5.08. The molecule has 0 bridgehead atoms. The number of aryl methyl sites for hydroxylation is 1. The van der Waals surface area contributed by atoms with Crippen molar-refractivity contribution in [2.24, 2.45) is 0 Å². The van der Waals surface area contributed by atoms with Crippen LogP contribution in [0.25, 0.3) is 0 Å². The molecule has 0 fully saturated rings. The minimum Gasteiger partial charge on any atom is -0.309 e. The molecule has 0 spiro atoms. The second-order valence-corrected chi connectivity index (χ2v) is 5.08. The molecule has 18 heavy (non-hydrogen) atoms. The highest BCUT2D eigenvalue weighted by Gasteiger charge is 2.02. The Hall–Kier alpha value is -0.960. The molecule has 1 atom stereocenters. The van der Waals surface area contributed by atoms with Gasteiger partial charge in [0.25, 0.3) is 0 Å². The van der Waals surface area contributed by atoms with Crippen molar-refractivity contribution in [3.63, 3.8) is 0 Å². The van der Waals surface area contributed by atoms with Crippen LogP contribution in [0.3, 0.4) is 0 Å². The average molecular weight is 249 g/mol. The summed E-state index contributed by atoms with van der Waals surface area (Å²) in [7, 11) is 0. The zero-order chi connectivity index (χ0) is 13.2. The number of nitrogens with one attached hydrogen (secondary N) is 1. The Morgan fingerprint density at radius 3 is 2.72 bits per heavy atom. The minimum absolute atomic E-state index is 0.571. The first kappa shape index (κ1) is 15.1. The van der Waals surface area contributed by atoms with Gasteiger partial charge in [-0.05, 0) is 26.3 Å². The van der Waals surface area contributed by atoms with Crippen LogP contribution in [0.2, 0.25) is 0 Å². The fourth-order valence-corrected chi connectivity index (χ4v) is 2.04. The maximum atomic E-state index is 4.39. The van der Waals surface area contributed by atoms with Gasteiger partial charge in [0.15, 0.2) is 0 Å². The van der Waals surface area contributed by atoms with Gasteiger partial charge in [-0.3, -0.25) is 0 Å². The predicted molar refractivity (Wildman–Crippen MR) is 76.4 cm³/mol. The summed E-state index contributed by atoms with van der Waals surface area (Å²) in [4.78, 5) is 8.50. The van der Waals surface area contributed by atoms with E-state index in [1.54, 1.807) is 0 Å². The smallest absolute Gasteiger partial charge is 0.125 e. The summed E-state index contributed by atoms with van der Waals surface area (Å²) in [5, 5.41) is 3.53. The molecule has 0 aliphatic carbocycles. The molecule has 0 amide bonds. The fourth-order valence-electron chi connectivity index (χ4n) is 2.04. The number of hydrogen-bond donors (Lipinski definition) is 1. The normalized spacial score (nSPS) is 12.6. The van der Waals surface area contributed by atoms with Gasteiger partial charge in [0.1, 0.15) is 5.82 Å². The van der Waals surface area contributed by atoms with Crippen molar-refractivity contribution in [3.05, 3.63) is 23.8 Å². The third-order valence-corrected chi connectivity index (χ3v) is 3.21. The Balaban J connectivity index is 2.11. The van der Waals surface area contributed by atoms with Crippen LogP contribution in [0.15, 0.2) is 12.3 Å². The molecule has 0 aliphatic rings. The summed E-state index contributed by atoms with van der Waals surface area (Å²) in [5.41, 5.74) is 1.08. The van der Waals surface area contributed by atoms with Crippen LogP contribution >= 0.6 is 0 Å². The van der Waals surface area contributed by atoms with Gasteiger partial charge < -0.3 is 5.32 Å². The van der Waals surface area contributed by atoms with E-state index in [1.165, 1.54) is 38.5 Å². The summed E-state index contributed by atoms with van der Waals surface area (Å²) < 4.78 is 0. The van der Waals surface area contributed by atoms with Crippen LogP contribution in [0.4, 0.5) is 0 Å². The molecule has 0 saturated carbocycles. The zero-order valence-electron chi connectivity index (χ0n) is 12.1. The number of hydrogen-bond acceptors (Lipinski definition) is 3. The van der Waals surface area contributed by atoms with Crippen molar-refractivity contribution >= 4 is 0 Å². The Bertz CT molecular complexity index is 325. The van der Waals surface area contributed by atoms with E-state index in [4.69, 9.17) is 0 Å². The summed E-state index contributed by atoms with van der Waals surface area (Å²) >= 11 is 0. The molecule has 1 aromatic heterocycles. The van der Waals surface area contributed by atoms with E-state index in [0.29, 0.717) is 6.04 Å². The van der Waals surface area contributed by atoms with Crippen molar-refractivity contribution in [3.8, 4) is 0 Å². The van der Waals surface area contributed by atoms with Gasteiger partial charge in [0.2, 0.25) is 0 Å². The van der Waals surface area contributed by atoms with Gasteiger partial charge in [-0.25, -0.2) is 9.97 Å². The topological polar surface area (TPSA) is 37.8 Å². The van der Waals surface area contributed by atoms with Gasteiger partial charge >= 0.3 is 0 Å². The Labute approximate surface area is 111 Å². The molecule has 102 valence electrons. The maximum absolute atomic E-state index is 4.39. The zero-order valence-corrected chi connectivity index (χ0v) is 12.1. The van der Waals surface area contributed by atoms with E-state index in [9.17, 15) is 0 Å². The first-order chi connectivity index (χ1) is 8.72. The van der Waals surface area contributed by atoms with Crippen molar-refractivity contribution in [2.75, 3.05) is 0 Å². The molecule has 1 heterocycles. The number of unbranched alkanes of at least 4 members (excludes halogenated alkanes) is 4. The molecule has 3 nitrogen and oxygen atoms in total. The molecule has 1 unspecified atom stereocenters. The minimum atomic E-state index is 0.571. The summed E-state index contributed by atoms with van der Waals surface area (Å²) in [5.74, 6) is 0.849. The number of nitrogens with zero attached hydrogens (tertiary/aromatic N) is 2. The SMILES string of the molecule is CCCCCCCC(C)NCc1ccnc(C)n1. The van der Waals surface area contributed by atoms with E-state index in [1.807, 2.05) is 19.2 Å². The van der Waals surface area contributed by atoms with Gasteiger partial charge in [0, 0.05) is 18.8 Å². The lowest BCUT2D eigenvalue weighted by atomic mass is 10.1. The molecule has 0 radical (unpaired) electrons. The van der Waals surface area contributed by atoms with Gasteiger partial charge in [-0.2, -0.15) is 0 Å². The van der Waals surface area contributed by atoms with E-state index in [0.717, 1.165) is 18.1 Å². The Kier molecular flexibility index (Phi) is 7.58. The molecule has 0 aliphatic heterocycles. The predicted octanol–water partition coefficient (Wildman–Crippen LogP) is 3.62. The Morgan fingerprint density at radius 2 is 2.00 bits per heavy atom. The molecular weight excluding hydrogens is 222 g/mol. The van der Waals surface area contributed by atoms with Gasteiger partial charge in [-0.1, -0.05) is 39.0 Å². The number of rotatable bonds is 9. The quantitative estimate of drug-likeness (QED) is 0.679. The molecule has 1 aromatic rings. The van der Waals surface area contributed by atoms with Crippen LogP contribution in [0, 0.1) is 6.92 Å². The largest absolute Gasteiger partial charge is 0.309 e. The lowest BCUT2D eigenvalue weighted by Crippen LogP contribution is -2.25. The first-order valence-electron chi connectivity index (χ1n) is 7.24.